The minimum absolute atomic E-state index is 0.0441. The van der Waals surface area contributed by atoms with Gasteiger partial charge in [-0.1, -0.05) is 19.1 Å². The number of amides is 1. The van der Waals surface area contributed by atoms with Crippen molar-refractivity contribution in [2.75, 3.05) is 55.3 Å². The molecule has 0 atom stereocenters. The Morgan fingerprint density at radius 3 is 2.15 bits per heavy atom. The highest BCUT2D eigenvalue weighted by atomic mass is 16.1. The Bertz CT molecular complexity index is 704. The molecule has 5 nitrogen and oxygen atoms in total. The first kappa shape index (κ1) is 18.3. The average Bonchev–Trinajstić information content (AvgIpc) is 2.68. The van der Waals surface area contributed by atoms with Gasteiger partial charge in [0.1, 0.15) is 0 Å². The number of piperazine rings is 1. The van der Waals surface area contributed by atoms with Gasteiger partial charge in [0.15, 0.2) is 0 Å². The van der Waals surface area contributed by atoms with Crippen molar-refractivity contribution in [1.82, 2.24) is 4.90 Å². The van der Waals surface area contributed by atoms with E-state index in [9.17, 15) is 4.79 Å². The third-order valence-electron chi connectivity index (χ3n) is 4.83. The van der Waals surface area contributed by atoms with Gasteiger partial charge in [-0.2, -0.15) is 0 Å². The van der Waals surface area contributed by atoms with Crippen LogP contribution in [0.2, 0.25) is 0 Å². The van der Waals surface area contributed by atoms with E-state index in [2.05, 4.69) is 46.5 Å². The molecule has 0 unspecified atom stereocenters. The molecule has 1 heterocycles. The third-order valence-corrected chi connectivity index (χ3v) is 4.83. The summed E-state index contributed by atoms with van der Waals surface area (Å²) in [7, 11) is 2.16. The maximum absolute atomic E-state index is 12.1. The van der Waals surface area contributed by atoms with E-state index in [-0.39, 0.29) is 12.5 Å². The van der Waals surface area contributed by atoms with Crippen LogP contribution in [0.25, 0.3) is 0 Å². The van der Waals surface area contributed by atoms with E-state index in [0.717, 1.165) is 44.0 Å². The van der Waals surface area contributed by atoms with Gasteiger partial charge in [0.05, 0.1) is 6.54 Å². The molecule has 3 rings (SSSR count). The Hall–Kier alpha value is -2.53. The van der Waals surface area contributed by atoms with E-state index in [4.69, 9.17) is 0 Å². The van der Waals surface area contributed by atoms with E-state index in [0.29, 0.717) is 0 Å². The second-order valence-electron chi connectivity index (χ2n) is 6.79. The van der Waals surface area contributed by atoms with Crippen LogP contribution in [-0.4, -0.2) is 50.6 Å². The van der Waals surface area contributed by atoms with Crippen molar-refractivity contribution in [3.63, 3.8) is 0 Å². The number of aryl methyl sites for hydroxylation is 1. The lowest BCUT2D eigenvalue weighted by Crippen LogP contribution is -2.44. The highest BCUT2D eigenvalue weighted by Gasteiger charge is 2.13. The molecule has 1 aliphatic heterocycles. The summed E-state index contributed by atoms with van der Waals surface area (Å²) in [6.07, 6.45) is 1.000. The van der Waals surface area contributed by atoms with Crippen LogP contribution in [0.3, 0.4) is 0 Å². The summed E-state index contributed by atoms with van der Waals surface area (Å²) in [5.41, 5.74) is 4.30. The van der Waals surface area contributed by atoms with Crippen molar-refractivity contribution in [1.29, 1.82) is 0 Å². The maximum atomic E-state index is 12.1. The van der Waals surface area contributed by atoms with Crippen LogP contribution in [0.4, 0.5) is 17.1 Å². The summed E-state index contributed by atoms with van der Waals surface area (Å²) in [6, 6.07) is 16.3. The summed E-state index contributed by atoms with van der Waals surface area (Å²) in [5.74, 6) is -0.0441. The second kappa shape index (κ2) is 8.72. The Morgan fingerprint density at radius 2 is 1.54 bits per heavy atom. The van der Waals surface area contributed by atoms with E-state index < -0.39 is 0 Å². The summed E-state index contributed by atoms with van der Waals surface area (Å²) < 4.78 is 0. The molecule has 0 saturated carbocycles. The van der Waals surface area contributed by atoms with Crippen LogP contribution >= 0.6 is 0 Å². The van der Waals surface area contributed by atoms with Crippen molar-refractivity contribution in [2.45, 2.75) is 13.3 Å². The molecule has 2 aromatic rings. The average molecular weight is 352 g/mol. The fourth-order valence-electron chi connectivity index (χ4n) is 3.07. The Kier molecular flexibility index (Phi) is 6.12. The molecule has 26 heavy (non-hydrogen) atoms. The summed E-state index contributed by atoms with van der Waals surface area (Å²) in [5, 5.41) is 6.10. The second-order valence-corrected chi connectivity index (χ2v) is 6.79. The first-order valence-electron chi connectivity index (χ1n) is 9.30. The predicted molar refractivity (Wildman–Crippen MR) is 109 cm³/mol. The molecule has 2 N–H and O–H groups in total. The van der Waals surface area contributed by atoms with Gasteiger partial charge < -0.3 is 20.4 Å². The molecule has 1 amide bonds. The lowest BCUT2D eigenvalue weighted by atomic mass is 10.1. The topological polar surface area (TPSA) is 47.6 Å². The van der Waals surface area contributed by atoms with Crippen LogP contribution in [0.1, 0.15) is 12.5 Å². The predicted octanol–water partition coefficient (Wildman–Crippen LogP) is 3.05. The molecule has 0 radical (unpaired) electrons. The summed E-state index contributed by atoms with van der Waals surface area (Å²) >= 11 is 0. The first-order valence-corrected chi connectivity index (χ1v) is 9.30. The van der Waals surface area contributed by atoms with Crippen molar-refractivity contribution in [3.05, 3.63) is 54.1 Å². The van der Waals surface area contributed by atoms with E-state index in [1.807, 2.05) is 36.4 Å². The fourth-order valence-corrected chi connectivity index (χ4v) is 3.07. The minimum atomic E-state index is -0.0441. The molecular weight excluding hydrogens is 324 g/mol. The number of anilines is 3. The smallest absolute Gasteiger partial charge is 0.243 e. The van der Waals surface area contributed by atoms with Crippen molar-refractivity contribution in [2.24, 2.45) is 0 Å². The van der Waals surface area contributed by atoms with Crippen LogP contribution in [0.15, 0.2) is 48.5 Å². The number of carbonyl (C=O) groups excluding carboxylic acids is 1. The monoisotopic (exact) mass is 352 g/mol. The number of likely N-dealkylation sites (N-methyl/N-ethyl adjacent to an activating group) is 1. The SMILES string of the molecule is CCc1ccc(NC(=O)CNc2ccc(N3CCN(C)CC3)cc2)cc1. The molecule has 1 aliphatic rings. The molecule has 0 aliphatic carbocycles. The van der Waals surface area contributed by atoms with Crippen molar-refractivity contribution >= 4 is 23.0 Å². The molecule has 2 aromatic carbocycles. The number of rotatable bonds is 6. The quantitative estimate of drug-likeness (QED) is 0.839. The van der Waals surface area contributed by atoms with Gasteiger partial charge in [0, 0.05) is 43.2 Å². The van der Waals surface area contributed by atoms with Crippen LogP contribution in [0, 0.1) is 0 Å². The number of hydrogen-bond acceptors (Lipinski definition) is 4. The molecular formula is C21H28N4O. The van der Waals surface area contributed by atoms with E-state index in [1.54, 1.807) is 0 Å². The lowest BCUT2D eigenvalue weighted by molar-refractivity contribution is -0.114. The van der Waals surface area contributed by atoms with Gasteiger partial charge in [-0.25, -0.2) is 0 Å². The number of nitrogens with one attached hydrogen (secondary N) is 2. The van der Waals surface area contributed by atoms with Gasteiger partial charge in [0.25, 0.3) is 0 Å². The van der Waals surface area contributed by atoms with Crippen LogP contribution < -0.4 is 15.5 Å². The zero-order valence-corrected chi connectivity index (χ0v) is 15.7. The van der Waals surface area contributed by atoms with Gasteiger partial charge in [-0.15, -0.1) is 0 Å². The normalized spacial score (nSPS) is 14.9. The van der Waals surface area contributed by atoms with Crippen molar-refractivity contribution < 1.29 is 4.79 Å². The molecule has 0 bridgehead atoms. The van der Waals surface area contributed by atoms with E-state index in [1.165, 1.54) is 11.3 Å². The van der Waals surface area contributed by atoms with Crippen LogP contribution in [0.5, 0.6) is 0 Å². The maximum Gasteiger partial charge on any atom is 0.243 e. The molecule has 1 saturated heterocycles. The van der Waals surface area contributed by atoms with E-state index >= 15 is 0 Å². The number of hydrogen-bond donors (Lipinski definition) is 2. The largest absolute Gasteiger partial charge is 0.376 e. The molecule has 138 valence electrons. The minimum Gasteiger partial charge on any atom is -0.376 e. The third kappa shape index (κ3) is 4.99. The number of benzene rings is 2. The Labute approximate surface area is 156 Å². The first-order chi connectivity index (χ1) is 12.6. The lowest BCUT2D eigenvalue weighted by Gasteiger charge is -2.34. The van der Waals surface area contributed by atoms with Gasteiger partial charge in [-0.3, -0.25) is 4.79 Å². The zero-order valence-electron chi connectivity index (χ0n) is 15.7. The van der Waals surface area contributed by atoms with Gasteiger partial charge in [-0.05, 0) is 55.4 Å². The van der Waals surface area contributed by atoms with Gasteiger partial charge >= 0.3 is 0 Å². The van der Waals surface area contributed by atoms with Gasteiger partial charge in [0.2, 0.25) is 5.91 Å². The molecule has 0 aromatic heterocycles. The number of carbonyl (C=O) groups is 1. The molecule has 1 fully saturated rings. The molecule has 5 heteroatoms. The number of nitrogens with zero attached hydrogens (tertiary/aromatic N) is 2. The molecule has 0 spiro atoms. The summed E-state index contributed by atoms with van der Waals surface area (Å²) in [4.78, 5) is 16.8. The highest BCUT2D eigenvalue weighted by Crippen LogP contribution is 2.19. The summed E-state index contributed by atoms with van der Waals surface area (Å²) in [6.45, 7) is 6.68. The van der Waals surface area contributed by atoms with Crippen LogP contribution in [-0.2, 0) is 11.2 Å². The standard InChI is InChI=1S/C21H28N4O/c1-3-17-4-6-19(7-5-17)23-21(26)16-22-18-8-10-20(11-9-18)25-14-12-24(2)13-15-25/h4-11,22H,3,12-16H2,1-2H3,(H,23,26). The Balaban J connectivity index is 1.47. The Morgan fingerprint density at radius 1 is 0.923 bits per heavy atom. The fraction of sp³-hybridized carbons (Fsp3) is 0.381. The zero-order chi connectivity index (χ0) is 18.4. The van der Waals surface area contributed by atoms with Crippen molar-refractivity contribution in [3.8, 4) is 0 Å². The highest BCUT2D eigenvalue weighted by molar-refractivity contribution is 5.93.